The molecule has 0 radical (unpaired) electrons. The van der Waals surface area contributed by atoms with Crippen LogP contribution in [-0.2, 0) is 7.05 Å². The molecule has 0 spiro atoms. The fraction of sp³-hybridized carbons (Fsp3) is 0.500. The van der Waals surface area contributed by atoms with Gasteiger partial charge in [0, 0.05) is 36.9 Å². The molecule has 130 valence electrons. The van der Waals surface area contributed by atoms with Gasteiger partial charge in [-0.15, -0.1) is 22.7 Å². The molecule has 0 bridgehead atoms. The van der Waals surface area contributed by atoms with E-state index in [1.54, 1.807) is 18.4 Å². The molecule has 0 aliphatic carbocycles. The lowest BCUT2D eigenvalue weighted by Crippen LogP contribution is -2.36. The van der Waals surface area contributed by atoms with Gasteiger partial charge in [0.05, 0.1) is 5.69 Å². The normalized spacial score (nSPS) is 18.1. The first-order chi connectivity index (χ1) is 11.5. The van der Waals surface area contributed by atoms with Crippen LogP contribution in [0.1, 0.15) is 40.3 Å². The molecule has 8 heteroatoms. The number of rotatable bonds is 3. The molecule has 0 aromatic carbocycles. The van der Waals surface area contributed by atoms with Crippen LogP contribution in [-0.4, -0.2) is 45.9 Å². The minimum Gasteiger partial charge on any atom is -0.465 e. The Balaban J connectivity index is 1.95. The highest BCUT2D eigenvalue weighted by atomic mass is 32.1. The molecule has 0 saturated carbocycles. The molecule has 2 aromatic heterocycles. The summed E-state index contributed by atoms with van der Waals surface area (Å²) in [5, 5.41) is 22.0. The van der Waals surface area contributed by atoms with Gasteiger partial charge in [0.15, 0.2) is 4.80 Å². The molecule has 3 heterocycles. The fourth-order valence-electron chi connectivity index (χ4n) is 3.21. The van der Waals surface area contributed by atoms with Crippen LogP contribution in [0.5, 0.6) is 0 Å². The van der Waals surface area contributed by atoms with Crippen molar-refractivity contribution in [1.82, 2.24) is 9.47 Å². The van der Waals surface area contributed by atoms with Gasteiger partial charge in [-0.3, -0.25) is 4.99 Å². The van der Waals surface area contributed by atoms with E-state index in [9.17, 15) is 9.90 Å². The molecule has 6 nitrogen and oxygen atoms in total. The quantitative estimate of drug-likeness (QED) is 0.875. The van der Waals surface area contributed by atoms with E-state index >= 15 is 0 Å². The Bertz CT molecular complexity index is 771. The first-order valence-electron chi connectivity index (χ1n) is 7.84. The predicted octanol–water partition coefficient (Wildman–Crippen LogP) is 2.62. The molecule has 1 atom stereocenters. The monoisotopic (exact) mass is 367 g/mol. The molecule has 1 amide bonds. The first kappa shape index (κ1) is 17.2. The van der Waals surface area contributed by atoms with E-state index in [1.807, 2.05) is 29.1 Å². The van der Waals surface area contributed by atoms with Gasteiger partial charge in [-0.2, -0.15) is 0 Å². The molecule has 3 rings (SSSR count). The molecule has 1 saturated heterocycles. The number of amides is 1. The summed E-state index contributed by atoms with van der Waals surface area (Å²) >= 11 is 3.14. The van der Waals surface area contributed by atoms with E-state index in [0.717, 1.165) is 33.1 Å². The van der Waals surface area contributed by atoms with Crippen molar-refractivity contribution in [2.45, 2.75) is 24.9 Å². The van der Waals surface area contributed by atoms with E-state index < -0.39 is 12.2 Å². The number of carbonyl (C=O) groups is 1. The predicted molar refractivity (Wildman–Crippen MR) is 94.7 cm³/mol. The Morgan fingerprint density at radius 3 is 2.67 bits per heavy atom. The van der Waals surface area contributed by atoms with E-state index in [1.165, 1.54) is 16.2 Å². The zero-order valence-electron chi connectivity index (χ0n) is 13.7. The molecule has 24 heavy (non-hydrogen) atoms. The Labute approximate surface area is 148 Å². The average molecular weight is 367 g/mol. The fourth-order valence-corrected chi connectivity index (χ4v) is 5.20. The van der Waals surface area contributed by atoms with Gasteiger partial charge in [-0.05, 0) is 30.2 Å². The summed E-state index contributed by atoms with van der Waals surface area (Å²) in [7, 11) is 3.69. The Kier molecular flexibility index (Phi) is 5.07. The van der Waals surface area contributed by atoms with E-state index in [2.05, 4.69) is 4.99 Å². The van der Waals surface area contributed by atoms with Crippen molar-refractivity contribution < 1.29 is 15.0 Å². The van der Waals surface area contributed by atoms with Crippen molar-refractivity contribution in [2.75, 3.05) is 20.1 Å². The first-order valence-corrected chi connectivity index (χ1v) is 9.54. The van der Waals surface area contributed by atoms with Gasteiger partial charge in [0.25, 0.3) is 0 Å². The largest absolute Gasteiger partial charge is 0.465 e. The second-order valence-corrected chi connectivity index (χ2v) is 7.87. The summed E-state index contributed by atoms with van der Waals surface area (Å²) in [6.45, 7) is 1.07. The minimum absolute atomic E-state index is 0.261. The van der Waals surface area contributed by atoms with Crippen LogP contribution in [0, 0.1) is 0 Å². The average Bonchev–Trinajstić information content (AvgIpc) is 3.22. The number of hydrogen-bond donors (Lipinski definition) is 2. The van der Waals surface area contributed by atoms with Gasteiger partial charge in [-0.25, -0.2) is 4.79 Å². The highest BCUT2D eigenvalue weighted by molar-refractivity contribution is 7.10. The van der Waals surface area contributed by atoms with E-state index in [-0.39, 0.29) is 5.92 Å². The van der Waals surface area contributed by atoms with Crippen LogP contribution < -0.4 is 4.80 Å². The number of piperidine rings is 1. The number of nitrogens with zero attached hydrogens (tertiary/aromatic N) is 3. The maximum atomic E-state index is 11.1. The van der Waals surface area contributed by atoms with Crippen LogP contribution in [0.4, 0.5) is 4.79 Å². The molecule has 2 aromatic rings. The standard InChI is InChI=1S/C16H21N3O3S2/c1-17-15-18(2)12(13(20)11-4-3-9-23-11)14(24-15)10-5-7-19(8-6-10)16(21)22/h3-4,9-10,13,20H,5-8H2,1-2H3,(H,21,22). The Hall–Kier alpha value is -1.64. The third-order valence-electron chi connectivity index (χ3n) is 4.50. The van der Waals surface area contributed by atoms with Crippen LogP contribution in [0.15, 0.2) is 22.5 Å². The minimum atomic E-state index is -0.853. The number of hydrogen-bond acceptors (Lipinski definition) is 5. The second kappa shape index (κ2) is 7.08. The zero-order chi connectivity index (χ0) is 17.3. The second-order valence-electron chi connectivity index (χ2n) is 5.88. The summed E-state index contributed by atoms with van der Waals surface area (Å²) in [4.78, 5) is 19.8. The van der Waals surface area contributed by atoms with Crippen molar-refractivity contribution in [3.05, 3.63) is 37.8 Å². The summed E-state index contributed by atoms with van der Waals surface area (Å²) in [6.07, 6.45) is 0.0304. The Morgan fingerprint density at radius 1 is 1.42 bits per heavy atom. The smallest absolute Gasteiger partial charge is 0.407 e. The maximum Gasteiger partial charge on any atom is 0.407 e. The number of thiazole rings is 1. The van der Waals surface area contributed by atoms with E-state index in [4.69, 9.17) is 5.11 Å². The topological polar surface area (TPSA) is 78.1 Å². The number of likely N-dealkylation sites (tertiary alicyclic amines) is 1. The molecule has 1 aliphatic rings. The zero-order valence-corrected chi connectivity index (χ0v) is 15.3. The molecule has 2 N–H and O–H groups in total. The molecule has 1 fully saturated rings. The summed E-state index contributed by atoms with van der Waals surface area (Å²) in [6, 6.07) is 3.87. The third kappa shape index (κ3) is 3.13. The SMILES string of the molecule is CN=c1sc(C2CCN(C(=O)O)CC2)c(C(O)c2cccs2)n1C. The van der Waals surface area contributed by atoms with Crippen molar-refractivity contribution in [3.8, 4) is 0 Å². The summed E-state index contributed by atoms with van der Waals surface area (Å²) in [5.74, 6) is 0.261. The van der Waals surface area contributed by atoms with Crippen molar-refractivity contribution in [3.63, 3.8) is 0 Å². The molecular weight excluding hydrogens is 346 g/mol. The summed E-state index contributed by atoms with van der Waals surface area (Å²) in [5.41, 5.74) is 0.886. The van der Waals surface area contributed by atoms with Crippen molar-refractivity contribution >= 4 is 28.8 Å². The maximum absolute atomic E-state index is 11.1. The third-order valence-corrected chi connectivity index (χ3v) is 6.83. The lowest BCUT2D eigenvalue weighted by molar-refractivity contribution is 0.132. The van der Waals surface area contributed by atoms with Crippen LogP contribution in [0.25, 0.3) is 0 Å². The van der Waals surface area contributed by atoms with E-state index in [0.29, 0.717) is 13.1 Å². The number of aliphatic hydroxyl groups excluding tert-OH is 1. The highest BCUT2D eigenvalue weighted by Gasteiger charge is 2.30. The lowest BCUT2D eigenvalue weighted by atomic mass is 9.93. The highest BCUT2D eigenvalue weighted by Crippen LogP contribution is 2.37. The van der Waals surface area contributed by atoms with Gasteiger partial charge in [-0.1, -0.05) is 6.07 Å². The Morgan fingerprint density at radius 2 is 2.12 bits per heavy atom. The van der Waals surface area contributed by atoms with Crippen LogP contribution >= 0.6 is 22.7 Å². The molecule has 1 aliphatic heterocycles. The van der Waals surface area contributed by atoms with Gasteiger partial charge in [0.1, 0.15) is 6.10 Å². The van der Waals surface area contributed by atoms with Gasteiger partial charge < -0.3 is 19.7 Å². The van der Waals surface area contributed by atoms with Gasteiger partial charge in [0.2, 0.25) is 0 Å². The van der Waals surface area contributed by atoms with Gasteiger partial charge >= 0.3 is 6.09 Å². The number of carboxylic acid groups (broad SMARTS) is 1. The lowest BCUT2D eigenvalue weighted by Gasteiger charge is -2.30. The molecule has 1 unspecified atom stereocenters. The van der Waals surface area contributed by atoms with Crippen LogP contribution in [0.3, 0.4) is 0 Å². The molecular formula is C16H21N3O3S2. The van der Waals surface area contributed by atoms with Crippen molar-refractivity contribution in [2.24, 2.45) is 12.0 Å². The number of aliphatic hydroxyl groups is 1. The van der Waals surface area contributed by atoms with Crippen LogP contribution in [0.2, 0.25) is 0 Å². The summed E-state index contributed by atoms with van der Waals surface area (Å²) < 4.78 is 1.97. The number of thiophene rings is 1. The number of aromatic nitrogens is 1. The van der Waals surface area contributed by atoms with Crippen molar-refractivity contribution in [1.29, 1.82) is 0 Å².